The van der Waals surface area contributed by atoms with Crippen molar-refractivity contribution in [1.29, 1.82) is 0 Å². The van der Waals surface area contributed by atoms with E-state index in [2.05, 4.69) is 5.32 Å². The number of hydrogen-bond donors (Lipinski definition) is 2. The molecule has 1 unspecified atom stereocenters. The highest BCUT2D eigenvalue weighted by molar-refractivity contribution is 8.00. The van der Waals surface area contributed by atoms with Gasteiger partial charge in [0.05, 0.1) is 22.1 Å². The topological polar surface area (TPSA) is 66.4 Å². The predicted molar refractivity (Wildman–Crippen MR) is 72.5 cm³/mol. The highest BCUT2D eigenvalue weighted by atomic mass is 32.2. The van der Waals surface area contributed by atoms with Gasteiger partial charge in [-0.05, 0) is 36.8 Å². The van der Waals surface area contributed by atoms with Gasteiger partial charge in [-0.25, -0.2) is 4.79 Å². The summed E-state index contributed by atoms with van der Waals surface area (Å²) < 4.78 is 38.0. The van der Waals surface area contributed by atoms with E-state index in [4.69, 9.17) is 5.11 Å². The van der Waals surface area contributed by atoms with Gasteiger partial charge in [0.25, 0.3) is 0 Å². The number of halogens is 3. The van der Waals surface area contributed by atoms with E-state index in [1.807, 2.05) is 0 Å². The summed E-state index contributed by atoms with van der Waals surface area (Å²) in [6, 6.07) is 2.19. The number of carbonyl (C=O) groups excluding carboxylic acids is 1. The summed E-state index contributed by atoms with van der Waals surface area (Å²) in [4.78, 5) is 23.0. The van der Waals surface area contributed by atoms with Crippen molar-refractivity contribution in [3.63, 3.8) is 0 Å². The van der Waals surface area contributed by atoms with Crippen LogP contribution in [0.5, 0.6) is 0 Å². The van der Waals surface area contributed by atoms with Crippen LogP contribution in [-0.4, -0.2) is 28.0 Å². The first kappa shape index (κ1) is 15.7. The van der Waals surface area contributed by atoms with Gasteiger partial charge in [-0.15, -0.1) is 11.8 Å². The maximum atomic E-state index is 12.7. The lowest BCUT2D eigenvalue weighted by atomic mass is 10.1. The minimum absolute atomic E-state index is 0.324. The molecule has 2 rings (SSSR count). The molecule has 0 aliphatic carbocycles. The molecule has 114 valence electrons. The number of alkyl halides is 3. The maximum absolute atomic E-state index is 12.7. The third-order valence-electron chi connectivity index (χ3n) is 3.06. The largest absolute Gasteiger partial charge is 0.478 e. The number of nitrogens with one attached hydrogen (secondary N) is 1. The monoisotopic (exact) mass is 319 g/mol. The van der Waals surface area contributed by atoms with Crippen molar-refractivity contribution < 1.29 is 27.9 Å². The molecule has 0 aromatic heterocycles. The van der Waals surface area contributed by atoms with Crippen LogP contribution >= 0.6 is 11.8 Å². The standard InChI is InChI=1S/C13H12F3NO3S/c14-13(15,16)7-3-4-8(12(19)20)9(6-7)17-11(18)10-2-1-5-21-10/h3-4,6,10H,1-2,5H2,(H,17,18)(H,19,20). The Bertz CT molecular complexity index is 568. The molecule has 1 aromatic rings. The Morgan fingerprint density at radius 3 is 2.57 bits per heavy atom. The lowest BCUT2D eigenvalue weighted by Gasteiger charge is -2.14. The maximum Gasteiger partial charge on any atom is 0.416 e. The molecule has 1 aromatic carbocycles. The third-order valence-corrected chi connectivity index (χ3v) is 4.43. The van der Waals surface area contributed by atoms with Crippen molar-refractivity contribution in [3.05, 3.63) is 29.3 Å². The Balaban J connectivity index is 2.30. The number of amides is 1. The summed E-state index contributed by atoms with van der Waals surface area (Å²) in [7, 11) is 0. The minimum atomic E-state index is -4.60. The summed E-state index contributed by atoms with van der Waals surface area (Å²) in [5, 5.41) is 11.0. The molecule has 8 heteroatoms. The Morgan fingerprint density at radius 2 is 2.05 bits per heavy atom. The van der Waals surface area contributed by atoms with Crippen LogP contribution in [0, 0.1) is 0 Å². The van der Waals surface area contributed by atoms with Crippen LogP contribution in [0.15, 0.2) is 18.2 Å². The van der Waals surface area contributed by atoms with Crippen LogP contribution in [-0.2, 0) is 11.0 Å². The van der Waals surface area contributed by atoms with Gasteiger partial charge in [-0.2, -0.15) is 13.2 Å². The van der Waals surface area contributed by atoms with Crippen LogP contribution in [0.1, 0.15) is 28.8 Å². The van der Waals surface area contributed by atoms with E-state index < -0.39 is 23.6 Å². The van der Waals surface area contributed by atoms with E-state index in [9.17, 15) is 22.8 Å². The van der Waals surface area contributed by atoms with Gasteiger partial charge in [0.15, 0.2) is 0 Å². The second-order valence-corrected chi connectivity index (χ2v) is 5.86. The van der Waals surface area contributed by atoms with Crippen molar-refractivity contribution in [2.24, 2.45) is 0 Å². The zero-order chi connectivity index (χ0) is 15.6. The number of hydrogen-bond acceptors (Lipinski definition) is 3. The quantitative estimate of drug-likeness (QED) is 0.897. The van der Waals surface area contributed by atoms with Crippen LogP contribution in [0.25, 0.3) is 0 Å². The van der Waals surface area contributed by atoms with Gasteiger partial charge in [-0.3, -0.25) is 4.79 Å². The van der Waals surface area contributed by atoms with Gasteiger partial charge in [0, 0.05) is 0 Å². The lowest BCUT2D eigenvalue weighted by Crippen LogP contribution is -2.24. The summed E-state index contributed by atoms with van der Waals surface area (Å²) >= 11 is 1.41. The van der Waals surface area contributed by atoms with Gasteiger partial charge < -0.3 is 10.4 Å². The molecule has 1 atom stereocenters. The average Bonchev–Trinajstić information content (AvgIpc) is 2.91. The van der Waals surface area contributed by atoms with Crippen LogP contribution < -0.4 is 5.32 Å². The Labute approximate surface area is 122 Å². The first-order valence-corrected chi connectivity index (χ1v) is 7.21. The number of carbonyl (C=O) groups is 2. The molecule has 0 spiro atoms. The molecule has 0 radical (unpaired) electrons. The molecule has 1 heterocycles. The second-order valence-electron chi connectivity index (χ2n) is 4.55. The molecule has 0 bridgehead atoms. The van der Waals surface area contributed by atoms with E-state index in [1.165, 1.54) is 11.8 Å². The van der Waals surface area contributed by atoms with Crippen molar-refractivity contribution in [1.82, 2.24) is 0 Å². The van der Waals surface area contributed by atoms with E-state index >= 15 is 0 Å². The fraction of sp³-hybridized carbons (Fsp3) is 0.385. The van der Waals surface area contributed by atoms with Crippen LogP contribution in [0.2, 0.25) is 0 Å². The van der Waals surface area contributed by atoms with E-state index in [0.717, 1.165) is 18.2 Å². The van der Waals surface area contributed by atoms with Crippen molar-refractivity contribution in [3.8, 4) is 0 Å². The first-order chi connectivity index (χ1) is 9.79. The molecule has 1 amide bonds. The number of aromatic carboxylic acids is 1. The Hall–Kier alpha value is -1.70. The molecular weight excluding hydrogens is 307 g/mol. The van der Waals surface area contributed by atoms with Gasteiger partial charge in [-0.1, -0.05) is 0 Å². The second kappa shape index (κ2) is 5.97. The molecular formula is C13H12F3NO3S. The van der Waals surface area contributed by atoms with E-state index in [0.29, 0.717) is 18.6 Å². The molecule has 1 fully saturated rings. The fourth-order valence-electron chi connectivity index (χ4n) is 2.01. The molecule has 1 saturated heterocycles. The number of carboxylic acid groups (broad SMARTS) is 1. The lowest BCUT2D eigenvalue weighted by molar-refractivity contribution is -0.137. The molecule has 1 aliphatic rings. The fourth-order valence-corrected chi connectivity index (χ4v) is 3.17. The van der Waals surface area contributed by atoms with Gasteiger partial charge in [0.1, 0.15) is 0 Å². The van der Waals surface area contributed by atoms with Gasteiger partial charge >= 0.3 is 12.1 Å². The van der Waals surface area contributed by atoms with E-state index in [1.54, 1.807) is 0 Å². The normalized spacial score (nSPS) is 18.5. The molecule has 1 aliphatic heterocycles. The van der Waals surface area contributed by atoms with Crippen LogP contribution in [0.4, 0.5) is 18.9 Å². The zero-order valence-corrected chi connectivity index (χ0v) is 11.6. The molecule has 2 N–H and O–H groups in total. The highest BCUT2D eigenvalue weighted by Crippen LogP contribution is 2.33. The smallest absolute Gasteiger partial charge is 0.416 e. The molecule has 0 saturated carbocycles. The minimum Gasteiger partial charge on any atom is -0.478 e. The summed E-state index contributed by atoms with van der Waals surface area (Å²) in [5.74, 6) is -1.04. The van der Waals surface area contributed by atoms with Gasteiger partial charge in [0.2, 0.25) is 5.91 Å². The van der Waals surface area contributed by atoms with Crippen molar-refractivity contribution in [2.45, 2.75) is 24.3 Å². The highest BCUT2D eigenvalue weighted by Gasteiger charge is 2.32. The first-order valence-electron chi connectivity index (χ1n) is 6.16. The summed E-state index contributed by atoms with van der Waals surface area (Å²) in [6.07, 6.45) is -3.10. The Morgan fingerprint density at radius 1 is 1.33 bits per heavy atom. The molecule has 21 heavy (non-hydrogen) atoms. The number of rotatable bonds is 3. The summed E-state index contributed by atoms with van der Waals surface area (Å²) in [5.41, 5.74) is -1.68. The predicted octanol–water partition coefficient (Wildman–Crippen LogP) is 3.24. The van der Waals surface area contributed by atoms with E-state index in [-0.39, 0.29) is 16.5 Å². The average molecular weight is 319 g/mol. The number of benzene rings is 1. The number of anilines is 1. The third kappa shape index (κ3) is 3.69. The van der Waals surface area contributed by atoms with Crippen LogP contribution in [0.3, 0.4) is 0 Å². The van der Waals surface area contributed by atoms with Crippen molar-refractivity contribution in [2.75, 3.05) is 11.1 Å². The summed E-state index contributed by atoms with van der Waals surface area (Å²) in [6.45, 7) is 0. The number of carboxylic acids is 1. The number of thioether (sulfide) groups is 1. The Kier molecular flexibility index (Phi) is 4.46. The van der Waals surface area contributed by atoms with Crippen molar-refractivity contribution >= 4 is 29.3 Å². The molecule has 4 nitrogen and oxygen atoms in total. The SMILES string of the molecule is O=C(O)c1ccc(C(F)(F)F)cc1NC(=O)C1CCCS1. The zero-order valence-electron chi connectivity index (χ0n) is 10.7.